The molecule has 1 fully saturated rings. The zero-order valence-electron chi connectivity index (χ0n) is 15.7. The maximum Gasteiger partial charge on any atom is 0.295 e. The van der Waals surface area contributed by atoms with Crippen LogP contribution < -0.4 is 4.74 Å². The topological polar surface area (TPSA) is 76.1 Å². The monoisotopic (exact) mass is 421 g/mol. The summed E-state index contributed by atoms with van der Waals surface area (Å²) in [6.45, 7) is 2.43. The van der Waals surface area contributed by atoms with E-state index >= 15 is 0 Å². The zero-order chi connectivity index (χ0) is 20.4. The predicted molar refractivity (Wildman–Crippen MR) is 108 cm³/mol. The number of rotatable bonds is 6. The van der Waals surface area contributed by atoms with Gasteiger partial charge in [0.05, 0.1) is 30.4 Å². The van der Waals surface area contributed by atoms with E-state index in [0.29, 0.717) is 16.3 Å². The molecule has 0 aliphatic carbocycles. The number of halogens is 1. The summed E-state index contributed by atoms with van der Waals surface area (Å²) in [6, 6.07) is 5.96. The third kappa shape index (κ3) is 3.53. The van der Waals surface area contributed by atoms with E-state index in [9.17, 15) is 14.7 Å². The minimum absolute atomic E-state index is 0.0490. The number of carbonyl (C=O) groups excluding carboxylic acids is 2. The number of likely N-dealkylation sites (tertiary alicyclic amines) is 1. The Balaban J connectivity index is 2.16. The molecule has 0 saturated carbocycles. The molecule has 1 atom stereocenters. The maximum atomic E-state index is 12.8. The number of nitrogens with zero attached hydrogens (tertiary/aromatic N) is 1. The highest BCUT2D eigenvalue weighted by Gasteiger charge is 2.46. The van der Waals surface area contributed by atoms with Crippen LogP contribution in [0.25, 0.3) is 5.76 Å². The van der Waals surface area contributed by atoms with Gasteiger partial charge in [-0.1, -0.05) is 11.6 Å². The molecular formula is C20H20ClNO5S. The van der Waals surface area contributed by atoms with Crippen LogP contribution in [0.2, 0.25) is 5.02 Å². The lowest BCUT2D eigenvalue weighted by Gasteiger charge is -2.24. The van der Waals surface area contributed by atoms with Crippen LogP contribution in [0.1, 0.15) is 22.0 Å². The molecule has 1 aliphatic rings. The van der Waals surface area contributed by atoms with Crippen molar-refractivity contribution in [1.82, 2.24) is 4.90 Å². The molecule has 1 unspecified atom stereocenters. The molecule has 6 nitrogen and oxygen atoms in total. The quantitative estimate of drug-likeness (QED) is 0.436. The van der Waals surface area contributed by atoms with Gasteiger partial charge in [0.2, 0.25) is 0 Å². The Labute approximate surface area is 171 Å². The Bertz CT molecular complexity index is 952. The first-order chi connectivity index (χ1) is 13.4. The van der Waals surface area contributed by atoms with Crippen LogP contribution in [0.3, 0.4) is 0 Å². The van der Waals surface area contributed by atoms with Crippen LogP contribution in [-0.4, -0.2) is 49.1 Å². The number of carbonyl (C=O) groups is 2. The van der Waals surface area contributed by atoms with Crippen molar-refractivity contribution in [2.24, 2.45) is 0 Å². The summed E-state index contributed by atoms with van der Waals surface area (Å²) in [5.41, 5.74) is 1.33. The molecule has 3 rings (SSSR count). The third-order valence-electron chi connectivity index (χ3n) is 4.65. The van der Waals surface area contributed by atoms with Gasteiger partial charge in [0.1, 0.15) is 11.5 Å². The number of hydrogen-bond acceptors (Lipinski definition) is 6. The number of ketones is 1. The fourth-order valence-electron chi connectivity index (χ4n) is 3.21. The van der Waals surface area contributed by atoms with Crippen molar-refractivity contribution < 1.29 is 24.2 Å². The summed E-state index contributed by atoms with van der Waals surface area (Å²) in [6.07, 6.45) is 0. The van der Waals surface area contributed by atoms with Gasteiger partial charge in [0, 0.05) is 24.1 Å². The number of methoxy groups -OCH3 is 2. The first kappa shape index (κ1) is 20.4. The number of Topliss-reactive ketones (excluding diaryl/α,β-unsaturated/α-hetero) is 1. The lowest BCUT2D eigenvalue weighted by atomic mass is 9.98. The molecule has 2 heterocycles. The summed E-state index contributed by atoms with van der Waals surface area (Å²) in [5.74, 6) is -1.20. The zero-order valence-corrected chi connectivity index (χ0v) is 17.3. The van der Waals surface area contributed by atoms with Crippen LogP contribution in [0, 0.1) is 6.92 Å². The lowest BCUT2D eigenvalue weighted by Crippen LogP contribution is -2.32. The van der Waals surface area contributed by atoms with Gasteiger partial charge in [-0.15, -0.1) is 11.3 Å². The number of ether oxygens (including phenoxy) is 2. The fourth-order valence-corrected chi connectivity index (χ4v) is 4.51. The third-order valence-corrected chi connectivity index (χ3v) is 6.02. The predicted octanol–water partition coefficient (Wildman–Crippen LogP) is 3.79. The van der Waals surface area contributed by atoms with Crippen molar-refractivity contribution in [3.8, 4) is 5.75 Å². The summed E-state index contributed by atoms with van der Waals surface area (Å²) in [4.78, 5) is 27.8. The minimum atomic E-state index is -0.724. The Hall–Kier alpha value is -2.35. The molecule has 8 heteroatoms. The van der Waals surface area contributed by atoms with Crippen LogP contribution in [0.5, 0.6) is 5.75 Å². The molecule has 1 saturated heterocycles. The first-order valence-electron chi connectivity index (χ1n) is 8.56. The molecule has 0 bridgehead atoms. The van der Waals surface area contributed by atoms with Gasteiger partial charge in [0.15, 0.2) is 0 Å². The standard InChI is InChI=1S/C20H20ClNO5S/c1-11-6-9-28-19(11)16-15(18(24)20(25)22(16)7-8-26-2)17(23)12-4-5-14(27-3)13(21)10-12/h4-6,9-10,16,23H,7-8H2,1-3H3/b17-15-. The molecule has 2 aromatic rings. The van der Waals surface area contributed by atoms with Crippen molar-refractivity contribution >= 4 is 40.4 Å². The molecule has 0 radical (unpaired) electrons. The second kappa shape index (κ2) is 8.34. The Kier molecular flexibility index (Phi) is 6.07. The smallest absolute Gasteiger partial charge is 0.295 e. The average molecular weight is 422 g/mol. The van der Waals surface area contributed by atoms with E-state index in [1.165, 1.54) is 36.5 Å². The van der Waals surface area contributed by atoms with Crippen molar-refractivity contribution in [2.45, 2.75) is 13.0 Å². The largest absolute Gasteiger partial charge is 0.507 e. The van der Waals surface area contributed by atoms with E-state index in [1.807, 2.05) is 18.4 Å². The molecule has 1 aliphatic heterocycles. The van der Waals surface area contributed by atoms with E-state index in [2.05, 4.69) is 0 Å². The number of benzene rings is 1. The molecule has 148 valence electrons. The number of thiophene rings is 1. The van der Waals surface area contributed by atoms with Gasteiger partial charge >= 0.3 is 0 Å². The summed E-state index contributed by atoms with van der Waals surface area (Å²) in [7, 11) is 3.02. The van der Waals surface area contributed by atoms with E-state index < -0.39 is 17.7 Å². The summed E-state index contributed by atoms with van der Waals surface area (Å²) in [5, 5.41) is 13.1. The van der Waals surface area contributed by atoms with Gasteiger partial charge in [-0.3, -0.25) is 9.59 Å². The van der Waals surface area contributed by atoms with E-state index in [1.54, 1.807) is 12.1 Å². The number of aliphatic hydroxyl groups excluding tert-OH is 1. The normalized spacial score (nSPS) is 18.7. The lowest BCUT2D eigenvalue weighted by molar-refractivity contribution is -0.140. The molecule has 1 aromatic carbocycles. The van der Waals surface area contributed by atoms with Gasteiger partial charge in [-0.05, 0) is 42.1 Å². The first-order valence-corrected chi connectivity index (χ1v) is 9.81. The highest BCUT2D eigenvalue weighted by atomic mass is 35.5. The van der Waals surface area contributed by atoms with Crippen LogP contribution in [0.4, 0.5) is 0 Å². The fraction of sp³-hybridized carbons (Fsp3) is 0.300. The maximum absolute atomic E-state index is 12.8. The Morgan fingerprint density at radius 3 is 2.61 bits per heavy atom. The average Bonchev–Trinajstić information content (AvgIpc) is 3.20. The van der Waals surface area contributed by atoms with Crippen molar-refractivity contribution in [1.29, 1.82) is 0 Å². The molecule has 1 N–H and O–H groups in total. The number of aryl methyl sites for hydroxylation is 1. The Morgan fingerprint density at radius 2 is 2.04 bits per heavy atom. The van der Waals surface area contributed by atoms with Gasteiger partial charge in [-0.25, -0.2) is 0 Å². The van der Waals surface area contributed by atoms with Gasteiger partial charge in [0.25, 0.3) is 11.7 Å². The summed E-state index contributed by atoms with van der Waals surface area (Å²) >= 11 is 7.60. The molecule has 1 aromatic heterocycles. The highest BCUT2D eigenvalue weighted by Crippen LogP contribution is 2.42. The molecular weight excluding hydrogens is 402 g/mol. The molecule has 1 amide bonds. The van der Waals surface area contributed by atoms with E-state index in [-0.39, 0.29) is 24.5 Å². The molecule has 0 spiro atoms. The van der Waals surface area contributed by atoms with Crippen molar-refractivity contribution in [2.75, 3.05) is 27.4 Å². The van der Waals surface area contributed by atoms with E-state index in [0.717, 1.165) is 10.4 Å². The summed E-state index contributed by atoms with van der Waals surface area (Å²) < 4.78 is 10.2. The van der Waals surface area contributed by atoms with Crippen LogP contribution >= 0.6 is 22.9 Å². The Morgan fingerprint density at radius 1 is 1.29 bits per heavy atom. The van der Waals surface area contributed by atoms with Crippen LogP contribution in [-0.2, 0) is 14.3 Å². The van der Waals surface area contributed by atoms with Crippen molar-refractivity contribution in [3.63, 3.8) is 0 Å². The number of aliphatic hydroxyl groups is 1. The van der Waals surface area contributed by atoms with Crippen LogP contribution in [0.15, 0.2) is 35.2 Å². The molecule has 28 heavy (non-hydrogen) atoms. The second-order valence-corrected chi connectivity index (χ2v) is 7.66. The van der Waals surface area contributed by atoms with Crippen molar-refractivity contribution in [3.05, 3.63) is 56.2 Å². The van der Waals surface area contributed by atoms with Gasteiger partial charge < -0.3 is 19.5 Å². The minimum Gasteiger partial charge on any atom is -0.507 e. The number of amides is 1. The highest BCUT2D eigenvalue weighted by molar-refractivity contribution is 7.10. The number of hydrogen-bond donors (Lipinski definition) is 1. The van der Waals surface area contributed by atoms with Gasteiger partial charge in [-0.2, -0.15) is 0 Å². The SMILES string of the molecule is COCCN1C(=O)C(=O)/C(=C(\O)c2ccc(OC)c(Cl)c2)C1c1sccc1C. The van der Waals surface area contributed by atoms with E-state index in [4.69, 9.17) is 21.1 Å². The second-order valence-electron chi connectivity index (χ2n) is 6.30.